The molecule has 2 aromatic rings. The number of rotatable bonds is 7. The number of benzene rings is 2. The maximum absolute atomic E-state index is 12.9. The second-order valence-corrected chi connectivity index (χ2v) is 7.56. The third-order valence-corrected chi connectivity index (χ3v) is 5.53. The smallest absolute Gasteiger partial charge is 0.416 e. The summed E-state index contributed by atoms with van der Waals surface area (Å²) in [7, 11) is 4.48. The topological polar surface area (TPSA) is 60.0 Å². The van der Waals surface area contributed by atoms with Crippen LogP contribution in [0.5, 0.6) is 17.2 Å². The van der Waals surface area contributed by atoms with Crippen molar-refractivity contribution in [2.24, 2.45) is 0 Å². The third-order valence-electron chi connectivity index (χ3n) is 5.53. The molecule has 0 aliphatic carbocycles. The number of amides is 1. The largest absolute Gasteiger partial charge is 0.493 e. The lowest BCUT2D eigenvalue weighted by Crippen LogP contribution is -2.39. The van der Waals surface area contributed by atoms with Gasteiger partial charge in [0.15, 0.2) is 11.5 Å². The van der Waals surface area contributed by atoms with Crippen molar-refractivity contribution in [1.29, 1.82) is 0 Å². The second kappa shape index (κ2) is 10.1. The number of methoxy groups -OCH3 is 3. The molecule has 1 saturated heterocycles. The zero-order valence-corrected chi connectivity index (χ0v) is 18.3. The summed E-state index contributed by atoms with van der Waals surface area (Å²) in [5, 5.41) is 2.85. The Hall–Kier alpha value is -2.94. The minimum Gasteiger partial charge on any atom is -0.493 e. The Morgan fingerprint density at radius 3 is 2.19 bits per heavy atom. The molecule has 1 N–H and O–H groups in total. The maximum Gasteiger partial charge on any atom is 0.416 e. The molecule has 1 fully saturated rings. The van der Waals surface area contributed by atoms with Crippen molar-refractivity contribution in [3.05, 3.63) is 47.5 Å². The van der Waals surface area contributed by atoms with E-state index in [0.29, 0.717) is 29.5 Å². The van der Waals surface area contributed by atoms with Crippen LogP contribution in [0.15, 0.2) is 36.4 Å². The van der Waals surface area contributed by atoms with E-state index in [1.54, 1.807) is 12.1 Å². The summed E-state index contributed by atoms with van der Waals surface area (Å²) >= 11 is 0. The fourth-order valence-corrected chi connectivity index (χ4v) is 3.99. The molecule has 2 aromatic carbocycles. The van der Waals surface area contributed by atoms with E-state index in [4.69, 9.17) is 14.2 Å². The highest BCUT2D eigenvalue weighted by atomic mass is 19.4. The molecule has 1 aliphatic heterocycles. The van der Waals surface area contributed by atoms with Crippen LogP contribution in [0.25, 0.3) is 0 Å². The average Bonchev–Trinajstić information content (AvgIpc) is 2.78. The van der Waals surface area contributed by atoms with Gasteiger partial charge in [-0.2, -0.15) is 13.2 Å². The minimum absolute atomic E-state index is 0.113. The molecule has 6 nitrogen and oxygen atoms in total. The van der Waals surface area contributed by atoms with Gasteiger partial charge in [-0.1, -0.05) is 18.6 Å². The Kier molecular flexibility index (Phi) is 7.50. The van der Waals surface area contributed by atoms with Gasteiger partial charge in [0.2, 0.25) is 11.7 Å². The number of carbonyl (C=O) groups is 1. The van der Waals surface area contributed by atoms with Crippen molar-refractivity contribution < 1.29 is 32.2 Å². The van der Waals surface area contributed by atoms with E-state index in [2.05, 4.69) is 5.32 Å². The fourth-order valence-electron chi connectivity index (χ4n) is 3.99. The van der Waals surface area contributed by atoms with Crippen LogP contribution in [0.3, 0.4) is 0 Å². The number of carbonyl (C=O) groups excluding carboxylic acids is 1. The Bertz CT molecular complexity index is 907. The Morgan fingerprint density at radius 1 is 1.03 bits per heavy atom. The molecule has 3 rings (SSSR count). The summed E-state index contributed by atoms with van der Waals surface area (Å²) < 4.78 is 54.6. The zero-order valence-electron chi connectivity index (χ0n) is 18.3. The van der Waals surface area contributed by atoms with E-state index in [0.717, 1.165) is 37.0 Å². The van der Waals surface area contributed by atoms with Gasteiger partial charge >= 0.3 is 6.18 Å². The molecule has 174 valence electrons. The number of hydrogen-bond acceptors (Lipinski definition) is 5. The number of alkyl halides is 3. The predicted octanol–water partition coefficient (Wildman–Crippen LogP) is 4.90. The number of piperidine rings is 1. The normalized spacial score (nSPS) is 17.0. The first-order valence-electron chi connectivity index (χ1n) is 10.3. The first-order valence-corrected chi connectivity index (χ1v) is 10.3. The lowest BCUT2D eigenvalue weighted by atomic mass is 9.94. The molecule has 0 bridgehead atoms. The van der Waals surface area contributed by atoms with Crippen LogP contribution in [-0.2, 0) is 11.0 Å². The molecule has 0 aromatic heterocycles. The van der Waals surface area contributed by atoms with Gasteiger partial charge in [-0.15, -0.1) is 0 Å². The minimum atomic E-state index is -4.37. The molecular formula is C23H27F3N2O4. The standard InChI is InChI=1S/C23H27F3N2O4/c1-30-19-12-17(13-20(31-2)22(19)32-3)27-21(29)14-28-11-5-4-6-18(28)15-7-9-16(10-8-15)23(24,25)26/h7-10,12-13,18H,4-6,11,14H2,1-3H3,(H,27,29). The van der Waals surface area contributed by atoms with Gasteiger partial charge in [0.05, 0.1) is 33.4 Å². The molecule has 1 aliphatic rings. The van der Waals surface area contributed by atoms with E-state index < -0.39 is 11.7 Å². The monoisotopic (exact) mass is 452 g/mol. The van der Waals surface area contributed by atoms with Crippen LogP contribution in [0.1, 0.15) is 36.4 Å². The molecule has 32 heavy (non-hydrogen) atoms. The van der Waals surface area contributed by atoms with Crippen molar-refractivity contribution in [3.63, 3.8) is 0 Å². The van der Waals surface area contributed by atoms with Crippen LogP contribution < -0.4 is 19.5 Å². The molecule has 9 heteroatoms. The molecule has 0 saturated carbocycles. The number of anilines is 1. The van der Waals surface area contributed by atoms with Gasteiger partial charge in [0.1, 0.15) is 0 Å². The quantitative estimate of drug-likeness (QED) is 0.648. The van der Waals surface area contributed by atoms with Crippen LogP contribution >= 0.6 is 0 Å². The zero-order chi connectivity index (χ0) is 23.3. The number of halogens is 3. The lowest BCUT2D eigenvalue weighted by molar-refractivity contribution is -0.137. The van der Waals surface area contributed by atoms with E-state index in [1.165, 1.54) is 33.5 Å². The van der Waals surface area contributed by atoms with Crippen molar-refractivity contribution in [2.45, 2.75) is 31.5 Å². The van der Waals surface area contributed by atoms with E-state index >= 15 is 0 Å². The predicted molar refractivity (Wildman–Crippen MR) is 114 cm³/mol. The van der Waals surface area contributed by atoms with E-state index in [1.807, 2.05) is 4.90 Å². The van der Waals surface area contributed by atoms with E-state index in [-0.39, 0.29) is 18.5 Å². The average molecular weight is 452 g/mol. The van der Waals surface area contributed by atoms with Crippen LogP contribution in [-0.4, -0.2) is 45.2 Å². The van der Waals surface area contributed by atoms with Gasteiger partial charge in [0, 0.05) is 23.9 Å². The molecular weight excluding hydrogens is 425 g/mol. The van der Waals surface area contributed by atoms with Gasteiger partial charge in [-0.25, -0.2) is 0 Å². The third kappa shape index (κ3) is 5.45. The van der Waals surface area contributed by atoms with Gasteiger partial charge in [-0.3, -0.25) is 9.69 Å². The number of nitrogens with one attached hydrogen (secondary N) is 1. The summed E-state index contributed by atoms with van der Waals surface area (Å²) in [5.74, 6) is 1.02. The van der Waals surface area contributed by atoms with Gasteiger partial charge < -0.3 is 19.5 Å². The van der Waals surface area contributed by atoms with Crippen molar-refractivity contribution >= 4 is 11.6 Å². The number of ether oxygens (including phenoxy) is 3. The Balaban J connectivity index is 1.73. The first-order chi connectivity index (χ1) is 15.3. The lowest BCUT2D eigenvalue weighted by Gasteiger charge is -2.35. The Labute approximate surface area is 185 Å². The van der Waals surface area contributed by atoms with Gasteiger partial charge in [-0.05, 0) is 37.1 Å². The first kappa shape index (κ1) is 23.7. The molecule has 1 amide bonds. The summed E-state index contributed by atoms with van der Waals surface area (Å²) in [5.41, 5.74) is 0.592. The molecule has 0 spiro atoms. The summed E-state index contributed by atoms with van der Waals surface area (Å²) in [6.07, 6.45) is -1.71. The second-order valence-electron chi connectivity index (χ2n) is 7.56. The van der Waals surface area contributed by atoms with Crippen LogP contribution in [0.2, 0.25) is 0 Å². The highest BCUT2D eigenvalue weighted by Crippen LogP contribution is 2.40. The van der Waals surface area contributed by atoms with Crippen LogP contribution in [0, 0.1) is 0 Å². The fraction of sp³-hybridized carbons (Fsp3) is 0.435. The van der Waals surface area contributed by atoms with Crippen molar-refractivity contribution in [2.75, 3.05) is 39.7 Å². The molecule has 1 heterocycles. The number of nitrogens with zero attached hydrogens (tertiary/aromatic N) is 1. The summed E-state index contributed by atoms with van der Waals surface area (Å²) in [6.45, 7) is 0.802. The Morgan fingerprint density at radius 2 is 1.66 bits per heavy atom. The number of hydrogen-bond donors (Lipinski definition) is 1. The van der Waals surface area contributed by atoms with Crippen LogP contribution in [0.4, 0.5) is 18.9 Å². The number of likely N-dealkylation sites (tertiary alicyclic amines) is 1. The highest BCUT2D eigenvalue weighted by molar-refractivity contribution is 5.93. The van der Waals surface area contributed by atoms with Crippen molar-refractivity contribution in [3.8, 4) is 17.2 Å². The van der Waals surface area contributed by atoms with Gasteiger partial charge in [0.25, 0.3) is 0 Å². The molecule has 1 atom stereocenters. The maximum atomic E-state index is 12.9. The summed E-state index contributed by atoms with van der Waals surface area (Å²) in [6, 6.07) is 8.37. The molecule has 1 unspecified atom stereocenters. The highest BCUT2D eigenvalue weighted by Gasteiger charge is 2.31. The SMILES string of the molecule is COc1cc(NC(=O)CN2CCCCC2c2ccc(C(F)(F)F)cc2)cc(OC)c1OC. The molecule has 0 radical (unpaired) electrons. The van der Waals surface area contributed by atoms with Crippen molar-refractivity contribution in [1.82, 2.24) is 4.90 Å². The van der Waals surface area contributed by atoms with E-state index in [9.17, 15) is 18.0 Å². The summed E-state index contributed by atoms with van der Waals surface area (Å²) in [4.78, 5) is 14.8.